The van der Waals surface area contributed by atoms with Crippen LogP contribution >= 0.6 is 11.3 Å². The Hall–Kier alpha value is -3.50. The summed E-state index contributed by atoms with van der Waals surface area (Å²) in [5.74, 6) is -1.53. The fraction of sp³-hybridized carbons (Fsp3) is 0.542. The molecule has 0 saturated carbocycles. The molecule has 1 aromatic heterocycles. The molecule has 2 aromatic rings. The topological polar surface area (TPSA) is 120 Å². The van der Waals surface area contributed by atoms with Gasteiger partial charge in [-0.2, -0.15) is 0 Å². The number of halogens is 3. The number of hydrogen-bond donors (Lipinski definition) is 1. The Balaban J connectivity index is 1.41. The number of nitrogens with one attached hydrogen (secondary N) is 1. The van der Waals surface area contributed by atoms with E-state index in [9.17, 15) is 27.6 Å². The van der Waals surface area contributed by atoms with Gasteiger partial charge in [0.05, 0.1) is 25.8 Å². The van der Waals surface area contributed by atoms with Gasteiger partial charge in [0.2, 0.25) is 11.0 Å². The summed E-state index contributed by atoms with van der Waals surface area (Å²) in [5, 5.41) is 11.7. The Kier molecular flexibility index (Phi) is 9.42. The molecule has 2 saturated heterocycles. The van der Waals surface area contributed by atoms with Crippen molar-refractivity contribution in [1.29, 1.82) is 0 Å². The minimum absolute atomic E-state index is 0.00107. The molecular weight excluding hydrogens is 555 g/mol. The third-order valence-corrected chi connectivity index (χ3v) is 7.50. The van der Waals surface area contributed by atoms with E-state index in [1.54, 1.807) is 4.90 Å². The third-order valence-electron chi connectivity index (χ3n) is 6.52. The molecule has 0 unspecified atom stereocenters. The molecule has 1 N–H and O–H groups in total. The molecule has 2 aliphatic rings. The van der Waals surface area contributed by atoms with Gasteiger partial charge in [-0.25, -0.2) is 4.79 Å². The van der Waals surface area contributed by atoms with Crippen molar-refractivity contribution in [3.8, 4) is 5.75 Å². The highest BCUT2D eigenvalue weighted by Crippen LogP contribution is 2.32. The summed E-state index contributed by atoms with van der Waals surface area (Å²) in [6.45, 7) is 4.81. The summed E-state index contributed by atoms with van der Waals surface area (Å²) in [5.41, 5.74) is -0.156. The number of ketones is 1. The van der Waals surface area contributed by atoms with E-state index in [-0.39, 0.29) is 24.2 Å². The highest BCUT2D eigenvalue weighted by Gasteiger charge is 2.33. The number of nitrogens with zero attached hydrogens (tertiary/aromatic N) is 6. The molecule has 2 fully saturated rings. The lowest BCUT2D eigenvalue weighted by Crippen LogP contribution is -2.48. The molecule has 0 atom stereocenters. The second-order valence-corrected chi connectivity index (χ2v) is 10.4. The normalized spacial score (nSPS) is 17.0. The lowest BCUT2D eigenvalue weighted by molar-refractivity contribution is -0.274. The quantitative estimate of drug-likeness (QED) is 0.460. The van der Waals surface area contributed by atoms with Crippen LogP contribution in [0, 0.1) is 0 Å². The number of anilines is 2. The molecule has 0 aliphatic carbocycles. The number of ether oxygens (including phenoxy) is 2. The zero-order valence-electron chi connectivity index (χ0n) is 22.1. The molecule has 2 aliphatic heterocycles. The summed E-state index contributed by atoms with van der Waals surface area (Å²) in [6.07, 6.45) is -5.51. The number of methoxy groups -OCH3 is 1. The zero-order valence-corrected chi connectivity index (χ0v) is 22.9. The predicted octanol–water partition coefficient (Wildman–Crippen LogP) is 1.94. The number of likely N-dealkylation sites (N-methyl/N-ethyl adjacent to an activating group) is 1. The minimum Gasteiger partial charge on any atom is -0.453 e. The number of piperazine rings is 2. The van der Waals surface area contributed by atoms with Gasteiger partial charge in [0, 0.05) is 57.9 Å². The van der Waals surface area contributed by atoms with Gasteiger partial charge in [0.1, 0.15) is 5.01 Å². The van der Waals surface area contributed by atoms with Crippen LogP contribution in [0.15, 0.2) is 18.2 Å². The van der Waals surface area contributed by atoms with Crippen LogP contribution in [-0.2, 0) is 16.0 Å². The number of benzene rings is 1. The number of hydrogen-bond acceptors (Lipinski definition) is 11. The number of carbonyl (C=O) groups excluding carboxylic acids is 3. The molecule has 4 rings (SSSR count). The van der Waals surface area contributed by atoms with E-state index in [4.69, 9.17) is 4.74 Å². The van der Waals surface area contributed by atoms with Crippen LogP contribution in [0.4, 0.5) is 28.8 Å². The van der Waals surface area contributed by atoms with Crippen LogP contribution in [-0.4, -0.2) is 122 Å². The minimum atomic E-state index is -4.98. The molecule has 218 valence electrons. The van der Waals surface area contributed by atoms with Crippen molar-refractivity contribution in [3.63, 3.8) is 0 Å². The molecule has 0 radical (unpaired) electrons. The van der Waals surface area contributed by atoms with Crippen LogP contribution in [0.5, 0.6) is 5.75 Å². The predicted molar refractivity (Wildman–Crippen MR) is 140 cm³/mol. The standard InChI is InChI=1S/C24H30F3N7O5S/c1-31-5-7-32(8-6-31)15-20(36)28-17-13-16(3-4-19(17)39-24(25,26)27)18(35)14-21-29-30-22(40-21)33-9-11-34(12-10-33)23(37)38-2/h3-4,13H,5-12,14-15H2,1-2H3,(H,28,36). The van der Waals surface area contributed by atoms with E-state index in [1.807, 2.05) is 16.8 Å². The Morgan fingerprint density at radius 1 is 1.02 bits per heavy atom. The van der Waals surface area contributed by atoms with Gasteiger partial charge < -0.3 is 29.5 Å². The van der Waals surface area contributed by atoms with Gasteiger partial charge in [0.25, 0.3) is 0 Å². The summed E-state index contributed by atoms with van der Waals surface area (Å²) >= 11 is 1.22. The number of aromatic nitrogens is 2. The number of rotatable bonds is 8. The maximum absolute atomic E-state index is 13.0. The SMILES string of the molecule is COC(=O)N1CCN(c2nnc(CC(=O)c3ccc(OC(F)(F)F)c(NC(=O)CN4CCN(C)CC4)c3)s2)CC1. The lowest BCUT2D eigenvalue weighted by atomic mass is 10.1. The third kappa shape index (κ3) is 8.02. The summed E-state index contributed by atoms with van der Waals surface area (Å²) in [7, 11) is 3.29. The zero-order chi connectivity index (χ0) is 28.9. The highest BCUT2D eigenvalue weighted by atomic mass is 32.1. The van der Waals surface area contributed by atoms with Crippen molar-refractivity contribution < 1.29 is 37.0 Å². The molecule has 1 aromatic carbocycles. The molecule has 12 nitrogen and oxygen atoms in total. The maximum atomic E-state index is 13.0. The monoisotopic (exact) mass is 585 g/mol. The second-order valence-electron chi connectivity index (χ2n) is 9.41. The summed E-state index contributed by atoms with van der Waals surface area (Å²) in [6, 6.07) is 3.41. The fourth-order valence-corrected chi connectivity index (χ4v) is 5.20. The Morgan fingerprint density at radius 3 is 2.38 bits per heavy atom. The van der Waals surface area contributed by atoms with Crippen LogP contribution in [0.2, 0.25) is 0 Å². The van der Waals surface area contributed by atoms with E-state index >= 15 is 0 Å². The molecule has 3 heterocycles. The van der Waals surface area contributed by atoms with Crippen LogP contribution in [0.25, 0.3) is 0 Å². The van der Waals surface area contributed by atoms with Crippen LogP contribution in [0.1, 0.15) is 15.4 Å². The first-order chi connectivity index (χ1) is 19.0. The van der Waals surface area contributed by atoms with E-state index in [0.29, 0.717) is 49.4 Å². The van der Waals surface area contributed by atoms with E-state index in [0.717, 1.165) is 19.2 Å². The van der Waals surface area contributed by atoms with E-state index in [2.05, 4.69) is 25.2 Å². The Morgan fingerprint density at radius 2 is 1.73 bits per heavy atom. The largest absolute Gasteiger partial charge is 0.573 e. The van der Waals surface area contributed by atoms with Crippen LogP contribution < -0.4 is 15.0 Å². The first-order valence-electron chi connectivity index (χ1n) is 12.5. The Labute approximate surface area is 232 Å². The number of alkyl halides is 3. The van der Waals surface area contributed by atoms with Crippen molar-refractivity contribution in [1.82, 2.24) is 24.9 Å². The number of carbonyl (C=O) groups is 3. The van der Waals surface area contributed by atoms with Gasteiger partial charge in [0.15, 0.2) is 11.5 Å². The molecule has 2 amide bonds. The van der Waals surface area contributed by atoms with Gasteiger partial charge >= 0.3 is 12.5 Å². The van der Waals surface area contributed by atoms with Gasteiger partial charge in [-0.15, -0.1) is 23.4 Å². The van der Waals surface area contributed by atoms with Crippen molar-refractivity contribution >= 4 is 39.9 Å². The molecule has 40 heavy (non-hydrogen) atoms. The van der Waals surface area contributed by atoms with Crippen molar-refractivity contribution in [2.75, 3.05) is 83.3 Å². The number of amides is 2. The van der Waals surface area contributed by atoms with Crippen molar-refractivity contribution in [2.45, 2.75) is 12.8 Å². The smallest absolute Gasteiger partial charge is 0.453 e. The Bertz CT molecular complexity index is 1210. The summed E-state index contributed by atoms with van der Waals surface area (Å²) in [4.78, 5) is 44.9. The first-order valence-corrected chi connectivity index (χ1v) is 13.4. The number of Topliss-reactive ketones (excluding diaryl/α,β-unsaturated/α-hetero) is 1. The van der Waals surface area contributed by atoms with Gasteiger partial charge in [-0.1, -0.05) is 11.3 Å². The van der Waals surface area contributed by atoms with Crippen molar-refractivity contribution in [2.24, 2.45) is 0 Å². The second kappa shape index (κ2) is 12.8. The average molecular weight is 586 g/mol. The lowest BCUT2D eigenvalue weighted by Gasteiger charge is -2.33. The molecule has 16 heteroatoms. The van der Waals surface area contributed by atoms with Crippen molar-refractivity contribution in [3.05, 3.63) is 28.8 Å². The van der Waals surface area contributed by atoms with E-state index in [1.165, 1.54) is 30.6 Å². The van der Waals surface area contributed by atoms with Crippen LogP contribution in [0.3, 0.4) is 0 Å². The summed E-state index contributed by atoms with van der Waals surface area (Å²) < 4.78 is 47.8. The van der Waals surface area contributed by atoms with E-state index < -0.39 is 29.9 Å². The molecule has 0 bridgehead atoms. The molecule has 0 spiro atoms. The highest BCUT2D eigenvalue weighted by molar-refractivity contribution is 7.15. The fourth-order valence-electron chi connectivity index (χ4n) is 4.31. The average Bonchev–Trinajstić information content (AvgIpc) is 3.38. The van der Waals surface area contributed by atoms with Gasteiger partial charge in [-0.05, 0) is 25.2 Å². The first kappa shape index (κ1) is 29.5. The van der Waals surface area contributed by atoms with Gasteiger partial charge in [-0.3, -0.25) is 14.5 Å². The maximum Gasteiger partial charge on any atom is 0.573 e. The molecular formula is C24H30F3N7O5S.